The van der Waals surface area contributed by atoms with Crippen LogP contribution in [0.3, 0.4) is 0 Å². The van der Waals surface area contributed by atoms with Crippen molar-refractivity contribution >= 4 is 10.1 Å². The minimum absolute atomic E-state index is 0. The van der Waals surface area contributed by atoms with Crippen LogP contribution in [-0.2, 0) is 10.1 Å². The topological polar surface area (TPSA) is 74.6 Å². The van der Waals surface area contributed by atoms with E-state index in [2.05, 4.69) is 0 Å². The van der Waals surface area contributed by atoms with Gasteiger partial charge in [-0.15, -0.1) is 0 Å². The van der Waals surface area contributed by atoms with Crippen molar-refractivity contribution in [2.45, 2.75) is 17.8 Å². The van der Waals surface area contributed by atoms with Gasteiger partial charge in [0.15, 0.2) is 6.17 Å². The third kappa shape index (κ3) is 4.13. The number of rotatable bonds is 4. The Hall–Kier alpha value is 0.660. The average Bonchev–Trinajstić information content (AvgIpc) is 1.85. The molecule has 2 N–H and O–H groups in total. The van der Waals surface area contributed by atoms with Crippen molar-refractivity contribution in [1.29, 1.82) is 0 Å². The predicted molar refractivity (Wildman–Crippen MR) is 34.2 cm³/mol. The Morgan fingerprint density at radius 1 is 1.46 bits per heavy atom. The predicted octanol–water partition coefficient (Wildman–Crippen LogP) is -2.70. The SMILES string of the molecule is O=S(=O)(O)C(F)(F)C(F)CCO.[H-].[Na+]. The van der Waals surface area contributed by atoms with Crippen LogP contribution in [-0.4, -0.2) is 36.1 Å². The molecule has 0 amide bonds. The van der Waals surface area contributed by atoms with Crippen molar-refractivity contribution in [3.05, 3.63) is 0 Å². The Bertz CT molecular complexity index is 247. The standard InChI is InChI=1S/C4H7F3O4S.Na.H/c5-3(1-2-8)4(6,7)12(9,10)11;;/h3,8H,1-2H2,(H,9,10,11);;/q;+1;-1. The molecule has 0 rings (SSSR count). The van der Waals surface area contributed by atoms with Crippen molar-refractivity contribution in [1.82, 2.24) is 0 Å². The van der Waals surface area contributed by atoms with Gasteiger partial charge in [0.25, 0.3) is 0 Å². The van der Waals surface area contributed by atoms with Crippen molar-refractivity contribution in [2.24, 2.45) is 0 Å². The first-order valence-corrected chi connectivity index (χ1v) is 4.27. The molecule has 0 saturated carbocycles. The molecule has 0 aromatic rings. The van der Waals surface area contributed by atoms with Crippen molar-refractivity contribution in [3.63, 3.8) is 0 Å². The van der Waals surface area contributed by atoms with E-state index in [1.807, 2.05) is 0 Å². The summed E-state index contributed by atoms with van der Waals surface area (Å²) in [4.78, 5) is 0. The maximum Gasteiger partial charge on any atom is 1.00 e. The van der Waals surface area contributed by atoms with E-state index in [-0.39, 0.29) is 31.0 Å². The normalized spacial score (nSPS) is 14.8. The molecule has 0 aliphatic heterocycles. The Morgan fingerprint density at radius 3 is 2.08 bits per heavy atom. The monoisotopic (exact) mass is 232 g/mol. The Morgan fingerprint density at radius 2 is 1.85 bits per heavy atom. The van der Waals surface area contributed by atoms with Gasteiger partial charge in [-0.25, -0.2) is 4.39 Å². The smallest absolute Gasteiger partial charge is 1.00 e. The molecule has 0 bridgehead atoms. The fourth-order valence-electron chi connectivity index (χ4n) is 0.443. The molecular weight excluding hydrogens is 224 g/mol. The van der Waals surface area contributed by atoms with Crippen LogP contribution in [0.15, 0.2) is 0 Å². The first-order chi connectivity index (χ1) is 5.23. The number of alkyl halides is 3. The molecule has 9 heteroatoms. The first-order valence-electron chi connectivity index (χ1n) is 2.83. The Balaban J connectivity index is -0.000000605. The number of hydrogen-bond acceptors (Lipinski definition) is 3. The van der Waals surface area contributed by atoms with Crippen LogP contribution >= 0.6 is 0 Å². The molecule has 0 aliphatic carbocycles. The summed E-state index contributed by atoms with van der Waals surface area (Å²) in [5.41, 5.74) is 0. The van der Waals surface area contributed by atoms with E-state index in [9.17, 15) is 21.6 Å². The molecule has 1 unspecified atom stereocenters. The third-order valence-electron chi connectivity index (χ3n) is 1.09. The first kappa shape index (κ1) is 16.1. The van der Waals surface area contributed by atoms with Gasteiger partial charge < -0.3 is 6.53 Å². The summed E-state index contributed by atoms with van der Waals surface area (Å²) in [6.45, 7) is -0.924. The molecule has 0 aromatic carbocycles. The minimum Gasteiger partial charge on any atom is -1.00 e. The van der Waals surface area contributed by atoms with E-state index in [0.29, 0.717) is 0 Å². The fraction of sp³-hybridized carbons (Fsp3) is 1.00. The van der Waals surface area contributed by atoms with Gasteiger partial charge in [0.1, 0.15) is 0 Å². The summed E-state index contributed by atoms with van der Waals surface area (Å²) in [5, 5.41) is 3.16. The number of hydrogen-bond donors (Lipinski definition) is 2. The maximum atomic E-state index is 12.2. The largest absolute Gasteiger partial charge is 1.00 e. The zero-order valence-corrected chi connectivity index (χ0v) is 9.56. The van der Waals surface area contributed by atoms with Gasteiger partial charge in [0, 0.05) is 13.0 Å². The zero-order chi connectivity index (χ0) is 9.99. The second kappa shape index (κ2) is 5.52. The van der Waals surface area contributed by atoms with Crippen LogP contribution in [0.1, 0.15) is 7.85 Å². The molecule has 0 fully saturated rings. The van der Waals surface area contributed by atoms with E-state index in [1.165, 1.54) is 0 Å². The summed E-state index contributed by atoms with van der Waals surface area (Å²) in [7, 11) is -5.74. The van der Waals surface area contributed by atoms with Crippen molar-refractivity contribution < 1.29 is 62.2 Å². The molecule has 0 saturated heterocycles. The van der Waals surface area contributed by atoms with Crippen LogP contribution in [0.5, 0.6) is 0 Å². The molecule has 0 spiro atoms. The van der Waals surface area contributed by atoms with Crippen LogP contribution in [0.2, 0.25) is 0 Å². The summed E-state index contributed by atoms with van der Waals surface area (Å²) >= 11 is 0. The van der Waals surface area contributed by atoms with Gasteiger partial charge in [0.2, 0.25) is 0 Å². The molecule has 0 aromatic heterocycles. The summed E-state index contributed by atoms with van der Waals surface area (Å²) in [5.74, 6) is 0. The average molecular weight is 232 g/mol. The van der Waals surface area contributed by atoms with E-state index in [4.69, 9.17) is 9.66 Å². The van der Waals surface area contributed by atoms with Gasteiger partial charge in [-0.2, -0.15) is 17.2 Å². The molecule has 0 aliphatic rings. The van der Waals surface area contributed by atoms with E-state index in [1.54, 1.807) is 0 Å². The van der Waals surface area contributed by atoms with Gasteiger partial charge in [-0.1, -0.05) is 0 Å². The van der Waals surface area contributed by atoms with Crippen LogP contribution < -0.4 is 29.6 Å². The molecular formula is C4H8F3NaO4S. The molecule has 76 valence electrons. The second-order valence-electron chi connectivity index (χ2n) is 2.02. The van der Waals surface area contributed by atoms with Crippen LogP contribution in [0.25, 0.3) is 0 Å². The van der Waals surface area contributed by atoms with E-state index in [0.717, 1.165) is 0 Å². The van der Waals surface area contributed by atoms with Gasteiger partial charge >= 0.3 is 44.9 Å². The Kier molecular flexibility index (Phi) is 6.84. The third-order valence-corrected chi connectivity index (χ3v) is 2.03. The fourth-order valence-corrected chi connectivity index (χ4v) is 0.884. The molecule has 13 heavy (non-hydrogen) atoms. The minimum atomic E-state index is -5.74. The number of halogens is 3. The van der Waals surface area contributed by atoms with Crippen LogP contribution in [0, 0.1) is 0 Å². The molecule has 1 atom stereocenters. The quantitative estimate of drug-likeness (QED) is 0.408. The van der Waals surface area contributed by atoms with Gasteiger partial charge in [-0.05, 0) is 0 Å². The summed E-state index contributed by atoms with van der Waals surface area (Å²) < 4.78 is 64.2. The van der Waals surface area contributed by atoms with Crippen molar-refractivity contribution in [2.75, 3.05) is 6.61 Å². The van der Waals surface area contributed by atoms with Gasteiger partial charge in [-0.3, -0.25) is 4.55 Å². The van der Waals surface area contributed by atoms with Crippen molar-refractivity contribution in [3.8, 4) is 0 Å². The number of aliphatic hydroxyl groups excluding tert-OH is 1. The summed E-state index contributed by atoms with van der Waals surface area (Å²) in [6, 6.07) is 0. The molecule has 0 heterocycles. The van der Waals surface area contributed by atoms with E-state index >= 15 is 0 Å². The second-order valence-corrected chi connectivity index (χ2v) is 3.51. The number of aliphatic hydroxyl groups is 1. The van der Waals surface area contributed by atoms with Crippen LogP contribution in [0.4, 0.5) is 13.2 Å². The Labute approximate surface area is 96.7 Å². The van der Waals surface area contributed by atoms with E-state index < -0.39 is 34.6 Å². The van der Waals surface area contributed by atoms with Gasteiger partial charge in [0.05, 0.1) is 0 Å². The molecule has 4 nitrogen and oxygen atoms in total. The maximum absolute atomic E-state index is 12.2. The summed E-state index contributed by atoms with van der Waals surface area (Å²) in [6.07, 6.45) is -4.15. The zero-order valence-electron chi connectivity index (χ0n) is 7.74. The molecule has 0 radical (unpaired) electrons.